The first-order chi connectivity index (χ1) is 5.35. The number of hydrogen-bond donors (Lipinski definition) is 1. The fraction of sp³-hybridized carbons (Fsp3) is 0. The quantitative estimate of drug-likeness (QED) is 0.436. The standard InChI is InChI=1S/C6H4N2.CHNO/c7-4-6-2-1-3-8-5-6;2-1-3/h1-3,5H;2H. The number of isocyanates is 1. The number of nitrogens with one attached hydrogen (secondary N) is 1. The predicted molar refractivity (Wildman–Crippen MR) is 37.4 cm³/mol. The molecule has 1 heterocycles. The molecule has 4 heteroatoms. The van der Waals surface area contributed by atoms with E-state index in [1.54, 1.807) is 18.3 Å². The van der Waals surface area contributed by atoms with E-state index in [4.69, 9.17) is 15.5 Å². The van der Waals surface area contributed by atoms with Gasteiger partial charge in [-0.1, -0.05) is 0 Å². The van der Waals surface area contributed by atoms with Crippen molar-refractivity contribution in [3.8, 4) is 6.07 Å². The van der Waals surface area contributed by atoms with Gasteiger partial charge in [0.2, 0.25) is 6.08 Å². The lowest BCUT2D eigenvalue weighted by Gasteiger charge is -1.79. The minimum atomic E-state index is 0.604. The van der Waals surface area contributed by atoms with Gasteiger partial charge in [0.05, 0.1) is 5.56 Å². The van der Waals surface area contributed by atoms with Gasteiger partial charge in [0.25, 0.3) is 0 Å². The number of hydrogen-bond acceptors (Lipinski definition) is 4. The largest absolute Gasteiger partial charge is 0.263 e. The summed E-state index contributed by atoms with van der Waals surface area (Å²) < 4.78 is 0. The first-order valence-electron chi connectivity index (χ1n) is 2.69. The Labute approximate surface area is 63.6 Å². The van der Waals surface area contributed by atoms with Crippen LogP contribution in [0.1, 0.15) is 5.56 Å². The van der Waals surface area contributed by atoms with Gasteiger partial charge >= 0.3 is 0 Å². The van der Waals surface area contributed by atoms with Gasteiger partial charge in [0.1, 0.15) is 6.07 Å². The Morgan fingerprint density at radius 2 is 2.27 bits per heavy atom. The molecule has 54 valence electrons. The lowest BCUT2D eigenvalue weighted by Crippen LogP contribution is -1.72. The highest BCUT2D eigenvalue weighted by Crippen LogP contribution is 1.89. The van der Waals surface area contributed by atoms with Crippen molar-refractivity contribution in [2.24, 2.45) is 0 Å². The first-order valence-corrected chi connectivity index (χ1v) is 2.69. The zero-order valence-electron chi connectivity index (χ0n) is 5.61. The molecule has 0 bridgehead atoms. The molecule has 0 fully saturated rings. The summed E-state index contributed by atoms with van der Waals surface area (Å²) in [5, 5.41) is 13.7. The first kappa shape index (κ1) is 9.02. The Bertz CT molecular complexity index is 269. The third kappa shape index (κ3) is 4.52. The van der Waals surface area contributed by atoms with Crippen LogP contribution in [-0.2, 0) is 4.79 Å². The van der Waals surface area contributed by atoms with E-state index in [2.05, 4.69) is 4.98 Å². The maximum absolute atomic E-state index is 8.35. The molecule has 0 saturated heterocycles. The van der Waals surface area contributed by atoms with Crippen LogP contribution < -0.4 is 0 Å². The molecule has 0 amide bonds. The third-order valence-corrected chi connectivity index (χ3v) is 0.791. The number of pyridine rings is 1. The minimum absolute atomic E-state index is 0.604. The van der Waals surface area contributed by atoms with Crippen molar-refractivity contribution in [2.75, 3.05) is 0 Å². The van der Waals surface area contributed by atoms with E-state index < -0.39 is 0 Å². The van der Waals surface area contributed by atoms with Gasteiger partial charge < -0.3 is 0 Å². The summed E-state index contributed by atoms with van der Waals surface area (Å²) in [6.45, 7) is 0. The number of aromatic nitrogens is 1. The molecule has 1 rings (SSSR count). The molecule has 0 aliphatic carbocycles. The van der Waals surface area contributed by atoms with E-state index in [-0.39, 0.29) is 0 Å². The Balaban J connectivity index is 0.000000292. The van der Waals surface area contributed by atoms with Crippen molar-refractivity contribution in [2.45, 2.75) is 0 Å². The van der Waals surface area contributed by atoms with Gasteiger partial charge in [-0.05, 0) is 12.1 Å². The summed E-state index contributed by atoms with van der Waals surface area (Å²) in [4.78, 5) is 12.1. The maximum atomic E-state index is 8.35. The second kappa shape index (κ2) is 6.14. The van der Waals surface area contributed by atoms with Gasteiger partial charge in [0.15, 0.2) is 0 Å². The van der Waals surface area contributed by atoms with Crippen LogP contribution in [0.15, 0.2) is 24.5 Å². The van der Waals surface area contributed by atoms with E-state index in [9.17, 15) is 0 Å². The van der Waals surface area contributed by atoms with E-state index in [1.807, 2.05) is 6.07 Å². The zero-order valence-corrected chi connectivity index (χ0v) is 5.61. The molecule has 0 saturated carbocycles. The Hall–Kier alpha value is -1.98. The second-order valence-corrected chi connectivity index (χ2v) is 1.46. The molecule has 0 aliphatic rings. The summed E-state index contributed by atoms with van der Waals surface area (Å²) in [7, 11) is 0. The van der Waals surface area contributed by atoms with Crippen LogP contribution in [0.4, 0.5) is 0 Å². The van der Waals surface area contributed by atoms with Crippen LogP contribution in [0, 0.1) is 16.7 Å². The van der Waals surface area contributed by atoms with E-state index in [1.165, 1.54) is 6.20 Å². The summed E-state index contributed by atoms with van der Waals surface area (Å²) in [5.74, 6) is 0. The zero-order chi connectivity index (χ0) is 8.53. The molecule has 0 spiro atoms. The Kier molecular flexibility index (Phi) is 5.04. The molecule has 1 N–H and O–H groups in total. The van der Waals surface area contributed by atoms with Crippen LogP contribution in [0.3, 0.4) is 0 Å². The number of carbonyl (C=O) groups excluding carboxylic acids is 1. The highest BCUT2D eigenvalue weighted by molar-refractivity contribution is 5.26. The highest BCUT2D eigenvalue weighted by Gasteiger charge is 1.80. The van der Waals surface area contributed by atoms with Crippen LogP contribution in [0.2, 0.25) is 0 Å². The minimum Gasteiger partial charge on any atom is -0.263 e. The molecular formula is C7H5N3O. The van der Waals surface area contributed by atoms with Gasteiger partial charge in [-0.2, -0.15) is 5.26 Å². The molecule has 11 heavy (non-hydrogen) atoms. The van der Waals surface area contributed by atoms with Crippen molar-refractivity contribution in [1.82, 2.24) is 4.98 Å². The molecular weight excluding hydrogens is 142 g/mol. The topological polar surface area (TPSA) is 77.6 Å². The summed E-state index contributed by atoms with van der Waals surface area (Å²) in [6.07, 6.45) is 3.92. The fourth-order valence-corrected chi connectivity index (χ4v) is 0.429. The van der Waals surface area contributed by atoms with Gasteiger partial charge in [-0.15, -0.1) is 0 Å². The molecule has 0 radical (unpaired) electrons. The van der Waals surface area contributed by atoms with Crippen molar-refractivity contribution >= 4 is 6.08 Å². The van der Waals surface area contributed by atoms with Crippen molar-refractivity contribution in [1.29, 1.82) is 10.7 Å². The lowest BCUT2D eigenvalue weighted by molar-refractivity contribution is 0.563. The number of nitrogens with zero attached hydrogens (tertiary/aromatic N) is 2. The average molecular weight is 147 g/mol. The molecule has 4 nitrogen and oxygen atoms in total. The van der Waals surface area contributed by atoms with Gasteiger partial charge in [-0.25, -0.2) is 10.2 Å². The van der Waals surface area contributed by atoms with Crippen LogP contribution >= 0.6 is 0 Å². The number of rotatable bonds is 0. The second-order valence-electron chi connectivity index (χ2n) is 1.46. The van der Waals surface area contributed by atoms with Crippen molar-refractivity contribution in [3.05, 3.63) is 30.1 Å². The molecule has 0 aliphatic heterocycles. The smallest absolute Gasteiger partial charge is 0.231 e. The van der Waals surface area contributed by atoms with Crippen molar-refractivity contribution < 1.29 is 4.79 Å². The predicted octanol–water partition coefficient (Wildman–Crippen LogP) is 0.854. The van der Waals surface area contributed by atoms with E-state index in [0.29, 0.717) is 5.56 Å². The van der Waals surface area contributed by atoms with Crippen molar-refractivity contribution in [3.63, 3.8) is 0 Å². The molecule has 0 unspecified atom stereocenters. The molecule has 1 aromatic rings. The van der Waals surface area contributed by atoms with Crippen LogP contribution in [-0.4, -0.2) is 11.1 Å². The lowest BCUT2D eigenvalue weighted by atomic mass is 10.3. The number of nitriles is 1. The summed E-state index contributed by atoms with van der Waals surface area (Å²) in [5.41, 5.74) is 0.604. The molecule has 0 atom stereocenters. The molecule has 1 aromatic heterocycles. The summed E-state index contributed by atoms with van der Waals surface area (Å²) >= 11 is 0. The maximum Gasteiger partial charge on any atom is 0.231 e. The fourth-order valence-electron chi connectivity index (χ4n) is 0.429. The highest BCUT2D eigenvalue weighted by atomic mass is 16.1. The monoisotopic (exact) mass is 147 g/mol. The van der Waals surface area contributed by atoms with Gasteiger partial charge in [0, 0.05) is 12.4 Å². The van der Waals surface area contributed by atoms with Gasteiger partial charge in [-0.3, -0.25) is 4.98 Å². The SMILES string of the molecule is N#Cc1cccnc1.N=C=O. The Morgan fingerprint density at radius 3 is 2.55 bits per heavy atom. The van der Waals surface area contributed by atoms with E-state index >= 15 is 0 Å². The Morgan fingerprint density at radius 1 is 1.64 bits per heavy atom. The normalized spacial score (nSPS) is 6.45. The summed E-state index contributed by atoms with van der Waals surface area (Å²) in [6, 6.07) is 5.41. The third-order valence-electron chi connectivity index (χ3n) is 0.791. The van der Waals surface area contributed by atoms with Crippen LogP contribution in [0.5, 0.6) is 0 Å². The van der Waals surface area contributed by atoms with E-state index in [0.717, 1.165) is 6.08 Å². The van der Waals surface area contributed by atoms with Crippen LogP contribution in [0.25, 0.3) is 0 Å². The molecule has 0 aromatic carbocycles. The average Bonchev–Trinajstić information content (AvgIpc) is 2.08.